The van der Waals surface area contributed by atoms with E-state index in [0.29, 0.717) is 27.8 Å². The Morgan fingerprint density at radius 3 is 2.83 bits per heavy atom. The number of ether oxygens (including phenoxy) is 2. The monoisotopic (exact) mass is 438 g/mol. The zero-order valence-electron chi connectivity index (χ0n) is 16.2. The molecule has 8 heteroatoms. The van der Waals surface area contributed by atoms with Crippen molar-refractivity contribution in [3.05, 3.63) is 61.4 Å². The van der Waals surface area contributed by atoms with Crippen molar-refractivity contribution in [1.29, 1.82) is 0 Å². The number of aromatic amines is 1. The fourth-order valence-electron chi connectivity index (χ4n) is 3.74. The number of esters is 1. The average molecular weight is 439 g/mol. The van der Waals surface area contributed by atoms with Crippen molar-refractivity contribution >= 4 is 38.9 Å². The number of rotatable bonds is 4. The highest BCUT2D eigenvalue weighted by molar-refractivity contribution is 7.18. The van der Waals surface area contributed by atoms with Gasteiger partial charge in [-0.1, -0.05) is 6.07 Å². The van der Waals surface area contributed by atoms with Gasteiger partial charge >= 0.3 is 5.97 Å². The van der Waals surface area contributed by atoms with Gasteiger partial charge in [0, 0.05) is 10.4 Å². The molecule has 0 saturated carbocycles. The van der Waals surface area contributed by atoms with Crippen LogP contribution in [0.5, 0.6) is 11.5 Å². The smallest absolute Gasteiger partial charge is 0.353 e. The number of carbonyl (C=O) groups is 1. The van der Waals surface area contributed by atoms with Crippen LogP contribution >= 0.6 is 22.7 Å². The predicted octanol–water partition coefficient (Wildman–Crippen LogP) is 4.82. The predicted molar refractivity (Wildman–Crippen MR) is 118 cm³/mol. The van der Waals surface area contributed by atoms with Crippen molar-refractivity contribution in [3.63, 3.8) is 0 Å². The summed E-state index contributed by atoms with van der Waals surface area (Å²) in [7, 11) is 1.51. The van der Waals surface area contributed by atoms with E-state index in [2.05, 4.69) is 4.98 Å². The van der Waals surface area contributed by atoms with Crippen LogP contribution in [0.15, 0.2) is 40.5 Å². The number of hydrogen-bond donors (Lipinski definition) is 1. The summed E-state index contributed by atoms with van der Waals surface area (Å²) < 4.78 is 10.9. The van der Waals surface area contributed by atoms with E-state index in [9.17, 15) is 9.59 Å². The van der Waals surface area contributed by atoms with E-state index >= 15 is 0 Å². The maximum Gasteiger partial charge on any atom is 0.353 e. The summed E-state index contributed by atoms with van der Waals surface area (Å²) in [4.78, 5) is 35.3. The Labute approximate surface area is 180 Å². The zero-order chi connectivity index (χ0) is 20.7. The van der Waals surface area contributed by atoms with Gasteiger partial charge in [-0.25, -0.2) is 9.78 Å². The third kappa shape index (κ3) is 3.32. The zero-order valence-corrected chi connectivity index (χ0v) is 17.8. The number of nitrogens with one attached hydrogen (secondary N) is 1. The first-order chi connectivity index (χ1) is 14.6. The van der Waals surface area contributed by atoms with Crippen LogP contribution in [-0.4, -0.2) is 23.0 Å². The molecule has 0 bridgehead atoms. The highest BCUT2D eigenvalue weighted by Crippen LogP contribution is 2.36. The van der Waals surface area contributed by atoms with Gasteiger partial charge in [0.1, 0.15) is 15.5 Å². The molecule has 3 aromatic heterocycles. The number of fused-ring (bicyclic) bond motifs is 3. The molecule has 0 saturated heterocycles. The molecule has 0 atom stereocenters. The number of carbonyl (C=O) groups excluding carboxylic acids is 1. The molecule has 5 rings (SSSR count). The molecule has 4 aromatic rings. The lowest BCUT2D eigenvalue weighted by molar-refractivity contribution is 0.0735. The normalized spacial score (nSPS) is 13.2. The minimum Gasteiger partial charge on any atom is -0.493 e. The molecule has 30 heavy (non-hydrogen) atoms. The van der Waals surface area contributed by atoms with Crippen LogP contribution in [0.3, 0.4) is 0 Å². The summed E-state index contributed by atoms with van der Waals surface area (Å²) >= 11 is 2.93. The molecule has 0 fully saturated rings. The Balaban J connectivity index is 1.52. The first-order valence-electron chi connectivity index (χ1n) is 9.62. The Bertz CT molecular complexity index is 1300. The third-order valence-corrected chi connectivity index (χ3v) is 7.22. The van der Waals surface area contributed by atoms with Gasteiger partial charge in [-0.2, -0.15) is 0 Å². The Morgan fingerprint density at radius 2 is 2.03 bits per heavy atom. The van der Waals surface area contributed by atoms with Gasteiger partial charge in [0.25, 0.3) is 5.56 Å². The summed E-state index contributed by atoms with van der Waals surface area (Å²) in [5, 5.41) is 2.55. The average Bonchev–Trinajstić information content (AvgIpc) is 3.42. The van der Waals surface area contributed by atoms with Gasteiger partial charge in [-0.05, 0) is 60.9 Å². The lowest BCUT2D eigenvalue weighted by Gasteiger charge is -2.11. The van der Waals surface area contributed by atoms with E-state index in [1.807, 2.05) is 5.38 Å². The van der Waals surface area contributed by atoms with Gasteiger partial charge < -0.3 is 14.5 Å². The van der Waals surface area contributed by atoms with E-state index in [1.54, 1.807) is 41.7 Å². The van der Waals surface area contributed by atoms with Crippen LogP contribution in [0.25, 0.3) is 21.6 Å². The number of methoxy groups -OCH3 is 1. The minimum absolute atomic E-state index is 0.110. The summed E-state index contributed by atoms with van der Waals surface area (Å²) in [6.07, 6.45) is 4.23. The molecule has 0 spiro atoms. The molecular formula is C22H18N2O4S2. The Hall–Kier alpha value is -2.97. The fourth-order valence-corrected chi connectivity index (χ4v) is 5.61. The lowest BCUT2D eigenvalue weighted by atomic mass is 9.97. The SMILES string of the molecule is COc1cc(-c2nc3sc4c(c3c(=O)[nH]2)CCCC4)ccc1OC(=O)c1cccs1. The number of hydrogen-bond acceptors (Lipinski definition) is 7. The standard InChI is InChI=1S/C22H18N2O4S2/c1-27-15-11-12(8-9-14(15)28-22(26)17-7-4-10-29-17)19-23-20(25)18-13-5-2-3-6-16(13)30-21(18)24-19/h4,7-11H,2-3,5-6H2,1H3,(H,23,24,25). The maximum absolute atomic E-state index is 12.8. The first-order valence-corrected chi connectivity index (χ1v) is 11.3. The van der Waals surface area contributed by atoms with E-state index in [1.165, 1.54) is 23.3 Å². The second-order valence-corrected chi connectivity index (χ2v) is 9.07. The molecule has 152 valence electrons. The van der Waals surface area contributed by atoms with Crippen molar-refractivity contribution in [2.45, 2.75) is 25.7 Å². The maximum atomic E-state index is 12.8. The number of nitrogens with zero attached hydrogens (tertiary/aromatic N) is 1. The van der Waals surface area contributed by atoms with Crippen molar-refractivity contribution < 1.29 is 14.3 Å². The summed E-state index contributed by atoms with van der Waals surface area (Å²) in [5.74, 6) is 0.744. The highest BCUT2D eigenvalue weighted by Gasteiger charge is 2.21. The topological polar surface area (TPSA) is 81.3 Å². The second-order valence-electron chi connectivity index (χ2n) is 7.04. The number of thiophene rings is 2. The molecule has 0 aliphatic heterocycles. The third-order valence-electron chi connectivity index (χ3n) is 5.19. The van der Waals surface area contributed by atoms with E-state index in [0.717, 1.165) is 41.5 Å². The molecule has 1 N–H and O–H groups in total. The van der Waals surface area contributed by atoms with Crippen molar-refractivity contribution in [3.8, 4) is 22.9 Å². The number of aryl methyl sites for hydroxylation is 2. The summed E-state index contributed by atoms with van der Waals surface area (Å²) in [6, 6.07) is 8.63. The van der Waals surface area contributed by atoms with Crippen LogP contribution in [0.2, 0.25) is 0 Å². The molecule has 3 heterocycles. The van der Waals surface area contributed by atoms with Crippen molar-refractivity contribution in [1.82, 2.24) is 9.97 Å². The highest BCUT2D eigenvalue weighted by atomic mass is 32.1. The first kappa shape index (κ1) is 19.0. The van der Waals surface area contributed by atoms with Crippen LogP contribution < -0.4 is 15.0 Å². The van der Waals surface area contributed by atoms with Crippen LogP contribution in [0.4, 0.5) is 0 Å². The molecule has 0 radical (unpaired) electrons. The lowest BCUT2D eigenvalue weighted by Crippen LogP contribution is -2.11. The van der Waals surface area contributed by atoms with Crippen molar-refractivity contribution in [2.75, 3.05) is 7.11 Å². The number of benzene rings is 1. The largest absolute Gasteiger partial charge is 0.493 e. The molecule has 0 unspecified atom stereocenters. The quantitative estimate of drug-likeness (QED) is 0.365. The van der Waals surface area contributed by atoms with Crippen LogP contribution in [-0.2, 0) is 12.8 Å². The minimum atomic E-state index is -0.437. The molecule has 1 aliphatic carbocycles. The van der Waals surface area contributed by atoms with E-state index in [4.69, 9.17) is 14.5 Å². The molecule has 6 nitrogen and oxygen atoms in total. The number of aromatic nitrogens is 2. The van der Waals surface area contributed by atoms with E-state index < -0.39 is 5.97 Å². The fraction of sp³-hybridized carbons (Fsp3) is 0.227. The molecule has 1 aromatic carbocycles. The molecular weight excluding hydrogens is 420 g/mol. The Morgan fingerprint density at radius 1 is 1.17 bits per heavy atom. The summed E-state index contributed by atoms with van der Waals surface area (Å²) in [6.45, 7) is 0. The van der Waals surface area contributed by atoms with Gasteiger partial charge in [-0.3, -0.25) is 4.79 Å². The van der Waals surface area contributed by atoms with Crippen LogP contribution in [0.1, 0.15) is 33.0 Å². The van der Waals surface area contributed by atoms with Crippen molar-refractivity contribution in [2.24, 2.45) is 0 Å². The van der Waals surface area contributed by atoms with Gasteiger partial charge in [0.2, 0.25) is 0 Å². The molecule has 1 aliphatic rings. The van der Waals surface area contributed by atoms with Gasteiger partial charge in [0.05, 0.1) is 12.5 Å². The number of H-pyrrole nitrogens is 1. The molecule has 0 amide bonds. The van der Waals surface area contributed by atoms with E-state index in [-0.39, 0.29) is 5.56 Å². The van der Waals surface area contributed by atoms with Crippen LogP contribution in [0, 0.1) is 0 Å². The summed E-state index contributed by atoms with van der Waals surface area (Å²) in [5.41, 5.74) is 1.74. The Kier molecular flexibility index (Phi) is 4.88. The van der Waals surface area contributed by atoms with Gasteiger partial charge in [-0.15, -0.1) is 22.7 Å². The van der Waals surface area contributed by atoms with Gasteiger partial charge in [0.15, 0.2) is 11.5 Å². The second kappa shape index (κ2) is 7.70.